The van der Waals surface area contributed by atoms with Gasteiger partial charge in [0.1, 0.15) is 17.9 Å². The second kappa shape index (κ2) is 6.88. The number of carbonyl (C=O) groups excluding carboxylic acids is 2. The number of ether oxygens (including phenoxy) is 1. The fourth-order valence-electron chi connectivity index (χ4n) is 1.96. The molecule has 0 amide bonds. The van der Waals surface area contributed by atoms with Gasteiger partial charge in [-0.25, -0.2) is 0 Å². The number of ketones is 2. The lowest BCUT2D eigenvalue weighted by atomic mass is 9.86. The minimum atomic E-state index is -0.721. The van der Waals surface area contributed by atoms with Gasteiger partial charge < -0.3 is 4.74 Å². The average Bonchev–Trinajstić information content (AvgIpc) is 2.50. The maximum atomic E-state index is 12.7. The summed E-state index contributed by atoms with van der Waals surface area (Å²) in [6.45, 7) is 14.2. The van der Waals surface area contributed by atoms with Crippen LogP contribution in [0.2, 0.25) is 0 Å². The fourth-order valence-corrected chi connectivity index (χ4v) is 1.96. The van der Waals surface area contributed by atoms with Gasteiger partial charge in [-0.3, -0.25) is 14.4 Å². The summed E-state index contributed by atoms with van der Waals surface area (Å²) in [7, 11) is 0. The molecule has 0 atom stereocenters. The zero-order valence-corrected chi connectivity index (χ0v) is 16.0. The third kappa shape index (κ3) is 4.76. The molecule has 0 saturated carbocycles. The Hall–Kier alpha value is -1.97. The van der Waals surface area contributed by atoms with Crippen molar-refractivity contribution in [3.05, 3.63) is 39.0 Å². The molecule has 24 heavy (non-hydrogen) atoms. The van der Waals surface area contributed by atoms with Crippen LogP contribution < -0.4 is 10.2 Å². The largest absolute Gasteiger partial charge is 0.485 e. The summed E-state index contributed by atoms with van der Waals surface area (Å²) in [5.41, 5.74) is -0.0184. The van der Waals surface area contributed by atoms with Crippen molar-refractivity contribution in [3.63, 3.8) is 0 Å². The predicted octanol–water partition coefficient (Wildman–Crippen LogP) is 3.89. The van der Waals surface area contributed by atoms with Crippen LogP contribution in [-0.2, 0) is 4.79 Å². The van der Waals surface area contributed by atoms with Crippen LogP contribution in [0.4, 0.5) is 0 Å². The fraction of sp³-hybridized carbons (Fsp3) is 0.550. The van der Waals surface area contributed by atoms with Crippen molar-refractivity contribution in [3.8, 4) is 5.75 Å². The van der Waals surface area contributed by atoms with Crippen LogP contribution in [0.1, 0.15) is 63.0 Å². The van der Waals surface area contributed by atoms with E-state index in [4.69, 9.17) is 4.74 Å². The minimum absolute atomic E-state index is 0.0143. The molecule has 0 aliphatic heterocycles. The monoisotopic (exact) mass is 332 g/mol. The maximum Gasteiger partial charge on any atom is 0.193 e. The minimum Gasteiger partial charge on any atom is -0.485 e. The summed E-state index contributed by atoms with van der Waals surface area (Å²) in [4.78, 5) is 37.4. The first kappa shape index (κ1) is 20.1. The molecule has 0 radical (unpaired) electrons. The van der Waals surface area contributed by atoms with Crippen LogP contribution in [0.3, 0.4) is 0 Å². The molecule has 0 aliphatic carbocycles. The second-order valence-electron chi connectivity index (χ2n) is 8.30. The lowest BCUT2D eigenvalue weighted by Gasteiger charge is -2.19. The Bertz CT molecular complexity index is 716. The molecule has 1 aromatic rings. The molecule has 0 heterocycles. The summed E-state index contributed by atoms with van der Waals surface area (Å²) < 4.78 is 5.65. The van der Waals surface area contributed by atoms with E-state index in [9.17, 15) is 14.4 Å². The molecule has 4 heteroatoms. The van der Waals surface area contributed by atoms with Gasteiger partial charge in [-0.1, -0.05) is 41.5 Å². The molecule has 0 fully saturated rings. The van der Waals surface area contributed by atoms with E-state index >= 15 is 0 Å². The van der Waals surface area contributed by atoms with Crippen molar-refractivity contribution in [2.24, 2.45) is 10.8 Å². The Morgan fingerprint density at radius 1 is 0.917 bits per heavy atom. The SMILES string of the molecule is Cc1cc(OCC(=O)C(C)(C)C)c(C(=O)C(C)(C)C)c(=O)cc1C. The lowest BCUT2D eigenvalue weighted by molar-refractivity contribution is -0.128. The van der Waals surface area contributed by atoms with Crippen molar-refractivity contribution in [1.82, 2.24) is 0 Å². The van der Waals surface area contributed by atoms with Crippen molar-refractivity contribution < 1.29 is 14.3 Å². The Morgan fingerprint density at radius 3 is 1.88 bits per heavy atom. The van der Waals surface area contributed by atoms with E-state index in [1.807, 2.05) is 13.8 Å². The molecule has 1 aromatic carbocycles. The number of hydrogen-bond acceptors (Lipinski definition) is 4. The van der Waals surface area contributed by atoms with Gasteiger partial charge >= 0.3 is 0 Å². The zero-order chi connectivity index (χ0) is 18.9. The van der Waals surface area contributed by atoms with Gasteiger partial charge in [0, 0.05) is 10.8 Å². The van der Waals surface area contributed by atoms with Gasteiger partial charge in [-0.05, 0) is 37.1 Å². The van der Waals surface area contributed by atoms with Gasteiger partial charge in [-0.2, -0.15) is 0 Å². The summed E-state index contributed by atoms with van der Waals surface area (Å²) in [6.07, 6.45) is 0. The molecule has 0 saturated heterocycles. The summed E-state index contributed by atoms with van der Waals surface area (Å²) >= 11 is 0. The Kier molecular flexibility index (Phi) is 5.75. The highest BCUT2D eigenvalue weighted by molar-refractivity contribution is 6.02. The van der Waals surface area contributed by atoms with E-state index in [0.29, 0.717) is 0 Å². The highest BCUT2D eigenvalue weighted by atomic mass is 16.5. The van der Waals surface area contributed by atoms with Gasteiger partial charge in [-0.15, -0.1) is 0 Å². The van der Waals surface area contributed by atoms with E-state index in [-0.39, 0.29) is 34.9 Å². The van der Waals surface area contributed by atoms with E-state index in [2.05, 4.69) is 0 Å². The Balaban J connectivity index is 3.47. The lowest BCUT2D eigenvalue weighted by Crippen LogP contribution is -2.29. The number of Topliss-reactive ketones (excluding diaryl/α,β-unsaturated/α-hetero) is 2. The molecule has 1 rings (SSSR count). The van der Waals surface area contributed by atoms with Crippen LogP contribution >= 0.6 is 0 Å². The first-order valence-electron chi connectivity index (χ1n) is 8.11. The van der Waals surface area contributed by atoms with E-state index in [1.165, 1.54) is 6.07 Å². The average molecular weight is 332 g/mol. The van der Waals surface area contributed by atoms with Gasteiger partial charge in [0.25, 0.3) is 0 Å². The first-order chi connectivity index (χ1) is 10.7. The first-order valence-corrected chi connectivity index (χ1v) is 8.11. The highest BCUT2D eigenvalue weighted by Gasteiger charge is 2.29. The Labute approximate surface area is 144 Å². The molecule has 0 aliphatic rings. The van der Waals surface area contributed by atoms with Crippen molar-refractivity contribution >= 4 is 11.6 Å². The second-order valence-corrected chi connectivity index (χ2v) is 8.30. The highest BCUT2D eigenvalue weighted by Crippen LogP contribution is 2.27. The molecule has 0 spiro atoms. The van der Waals surface area contributed by atoms with E-state index in [1.54, 1.807) is 47.6 Å². The van der Waals surface area contributed by atoms with E-state index in [0.717, 1.165) is 11.1 Å². The van der Waals surface area contributed by atoms with Crippen LogP contribution in [0.25, 0.3) is 0 Å². The summed E-state index contributed by atoms with van der Waals surface area (Å²) in [5, 5.41) is 0. The van der Waals surface area contributed by atoms with Gasteiger partial charge in [0.05, 0.1) is 0 Å². The number of rotatable bonds is 4. The molecule has 0 aromatic heterocycles. The number of aryl methyl sites for hydroxylation is 2. The van der Waals surface area contributed by atoms with Gasteiger partial charge in [0.2, 0.25) is 0 Å². The molecule has 4 nitrogen and oxygen atoms in total. The zero-order valence-electron chi connectivity index (χ0n) is 16.0. The van der Waals surface area contributed by atoms with Crippen molar-refractivity contribution in [2.75, 3.05) is 6.61 Å². The number of hydrogen-bond donors (Lipinski definition) is 0. The van der Waals surface area contributed by atoms with E-state index < -0.39 is 10.8 Å². The summed E-state index contributed by atoms with van der Waals surface area (Å²) in [5.74, 6) is -0.200. The number of carbonyl (C=O) groups is 2. The third-order valence-corrected chi connectivity index (χ3v) is 3.91. The van der Waals surface area contributed by atoms with Crippen LogP contribution in [0.15, 0.2) is 16.9 Å². The van der Waals surface area contributed by atoms with Crippen molar-refractivity contribution in [2.45, 2.75) is 55.4 Å². The third-order valence-electron chi connectivity index (χ3n) is 3.91. The summed E-state index contributed by atoms with van der Waals surface area (Å²) in [6, 6.07) is 3.12. The van der Waals surface area contributed by atoms with Gasteiger partial charge in [0.15, 0.2) is 17.0 Å². The van der Waals surface area contributed by atoms with Crippen molar-refractivity contribution in [1.29, 1.82) is 0 Å². The molecular weight excluding hydrogens is 304 g/mol. The van der Waals surface area contributed by atoms with Crippen LogP contribution in [-0.4, -0.2) is 18.2 Å². The molecule has 0 unspecified atom stereocenters. The Morgan fingerprint density at radius 2 is 1.42 bits per heavy atom. The normalized spacial score (nSPS) is 12.0. The maximum absolute atomic E-state index is 12.7. The molecular formula is C20H28O4. The molecule has 0 N–H and O–H groups in total. The van der Waals surface area contributed by atoms with Crippen LogP contribution in [0.5, 0.6) is 5.75 Å². The molecule has 0 bridgehead atoms. The predicted molar refractivity (Wildman–Crippen MR) is 95.9 cm³/mol. The van der Waals surface area contributed by atoms with Crippen LogP contribution in [0, 0.1) is 24.7 Å². The topological polar surface area (TPSA) is 60.4 Å². The quantitative estimate of drug-likeness (QED) is 0.785. The molecule has 132 valence electrons. The smallest absolute Gasteiger partial charge is 0.193 e. The standard InChI is InChI=1S/C20H28O4/c1-12-9-14(21)17(18(23)20(6,7)8)15(10-13(12)2)24-11-16(22)19(3,4)5/h9-10H,11H2,1-8H3.